The van der Waals surface area contributed by atoms with Crippen molar-refractivity contribution in [2.45, 2.75) is 26.3 Å². The van der Waals surface area contributed by atoms with Crippen molar-refractivity contribution in [2.75, 3.05) is 31.6 Å². The maximum absolute atomic E-state index is 12.5. The number of carbonyl (C=O) groups is 1. The third-order valence-corrected chi connectivity index (χ3v) is 5.14. The second kappa shape index (κ2) is 7.96. The smallest absolute Gasteiger partial charge is 0.228 e. The van der Waals surface area contributed by atoms with E-state index in [0.717, 1.165) is 55.2 Å². The molecule has 3 heterocycles. The predicted molar refractivity (Wildman–Crippen MR) is 103 cm³/mol. The molecule has 142 valence electrons. The summed E-state index contributed by atoms with van der Waals surface area (Å²) in [7, 11) is 0. The molecular weight excluding hydrogens is 342 g/mol. The number of carbonyl (C=O) groups excluding carboxylic acids is 1. The number of amides is 1. The van der Waals surface area contributed by atoms with Gasteiger partial charge in [0.25, 0.3) is 0 Å². The lowest BCUT2D eigenvalue weighted by Crippen LogP contribution is -2.38. The topological polar surface area (TPSA) is 63.7 Å². The van der Waals surface area contributed by atoms with Crippen LogP contribution in [0.3, 0.4) is 0 Å². The zero-order valence-electron chi connectivity index (χ0n) is 15.6. The highest BCUT2D eigenvalue weighted by molar-refractivity contribution is 5.91. The Bertz CT molecular complexity index is 816. The Morgan fingerprint density at radius 2 is 1.93 bits per heavy atom. The van der Waals surface area contributed by atoms with Crippen LogP contribution in [0.5, 0.6) is 11.5 Å². The number of fused-ring (bicyclic) bond motifs is 1. The number of rotatable bonds is 4. The summed E-state index contributed by atoms with van der Waals surface area (Å²) < 4.78 is 11.5. The van der Waals surface area contributed by atoms with Crippen molar-refractivity contribution in [3.8, 4) is 11.5 Å². The van der Waals surface area contributed by atoms with Gasteiger partial charge < -0.3 is 14.8 Å². The maximum atomic E-state index is 12.5. The number of aryl methyl sites for hydroxylation is 1. The number of hydrogen-bond donors (Lipinski definition) is 1. The lowest BCUT2D eigenvalue weighted by atomic mass is 9.95. The Hall–Kier alpha value is -2.60. The second-order valence-corrected chi connectivity index (χ2v) is 7.15. The molecule has 0 aliphatic carbocycles. The number of benzene rings is 1. The van der Waals surface area contributed by atoms with Crippen LogP contribution in [0.15, 0.2) is 36.4 Å². The van der Waals surface area contributed by atoms with Crippen LogP contribution in [-0.4, -0.2) is 42.1 Å². The van der Waals surface area contributed by atoms with Crippen molar-refractivity contribution in [2.24, 2.45) is 5.92 Å². The first-order valence-corrected chi connectivity index (χ1v) is 9.53. The summed E-state index contributed by atoms with van der Waals surface area (Å²) in [6, 6.07) is 11.7. The molecule has 0 spiro atoms. The van der Waals surface area contributed by atoms with Crippen LogP contribution in [0.25, 0.3) is 0 Å². The number of likely N-dealkylation sites (tertiary alicyclic amines) is 1. The van der Waals surface area contributed by atoms with Crippen molar-refractivity contribution in [1.29, 1.82) is 0 Å². The molecule has 1 saturated heterocycles. The zero-order valence-corrected chi connectivity index (χ0v) is 15.6. The van der Waals surface area contributed by atoms with Gasteiger partial charge in [0.05, 0.1) is 0 Å². The van der Waals surface area contributed by atoms with Crippen LogP contribution in [0.4, 0.5) is 5.82 Å². The van der Waals surface area contributed by atoms with Gasteiger partial charge in [-0.3, -0.25) is 9.69 Å². The lowest BCUT2D eigenvalue weighted by molar-refractivity contribution is -0.121. The first-order chi connectivity index (χ1) is 13.2. The number of aromatic nitrogens is 1. The number of nitrogens with one attached hydrogen (secondary N) is 1. The number of nitrogens with zero attached hydrogens (tertiary/aromatic N) is 2. The van der Waals surface area contributed by atoms with E-state index in [4.69, 9.17) is 9.47 Å². The van der Waals surface area contributed by atoms with Crippen LogP contribution in [0, 0.1) is 12.8 Å². The molecule has 0 radical (unpaired) electrons. The SMILES string of the molecule is Cc1cccc(NC(=O)C2CCN(Cc3cccc4c3OCCO4)CC2)n1. The Morgan fingerprint density at radius 1 is 1.15 bits per heavy atom. The fraction of sp³-hybridized carbons (Fsp3) is 0.429. The van der Waals surface area contributed by atoms with Crippen molar-refractivity contribution < 1.29 is 14.3 Å². The molecule has 1 amide bonds. The van der Waals surface area contributed by atoms with Gasteiger partial charge in [-0.05, 0) is 51.1 Å². The standard InChI is InChI=1S/C21H25N3O3/c1-15-4-2-7-19(22-15)23-21(25)16-8-10-24(11-9-16)14-17-5-3-6-18-20(17)27-13-12-26-18/h2-7,16H,8-14H2,1H3,(H,22,23,25). The summed E-state index contributed by atoms with van der Waals surface area (Å²) in [6.07, 6.45) is 1.70. The second-order valence-electron chi connectivity index (χ2n) is 7.15. The van der Waals surface area contributed by atoms with E-state index in [1.807, 2.05) is 37.3 Å². The van der Waals surface area contributed by atoms with E-state index in [-0.39, 0.29) is 11.8 Å². The molecule has 1 aromatic heterocycles. The molecule has 2 aliphatic rings. The Morgan fingerprint density at radius 3 is 2.74 bits per heavy atom. The fourth-order valence-corrected chi connectivity index (χ4v) is 3.69. The third kappa shape index (κ3) is 4.22. The number of ether oxygens (including phenoxy) is 2. The van der Waals surface area contributed by atoms with Gasteiger partial charge in [0.1, 0.15) is 19.0 Å². The number of piperidine rings is 1. The van der Waals surface area contributed by atoms with Gasteiger partial charge >= 0.3 is 0 Å². The summed E-state index contributed by atoms with van der Waals surface area (Å²) in [5, 5.41) is 2.95. The van der Waals surface area contributed by atoms with E-state index in [1.54, 1.807) is 0 Å². The van der Waals surface area contributed by atoms with E-state index in [0.29, 0.717) is 19.0 Å². The molecule has 27 heavy (non-hydrogen) atoms. The van der Waals surface area contributed by atoms with Gasteiger partial charge in [-0.15, -0.1) is 0 Å². The lowest BCUT2D eigenvalue weighted by Gasteiger charge is -2.32. The summed E-state index contributed by atoms with van der Waals surface area (Å²) in [6.45, 7) is 5.73. The zero-order chi connectivity index (χ0) is 18.6. The highest BCUT2D eigenvalue weighted by atomic mass is 16.6. The molecule has 0 unspecified atom stereocenters. The van der Waals surface area contributed by atoms with Crippen LogP contribution in [-0.2, 0) is 11.3 Å². The average molecular weight is 367 g/mol. The molecule has 1 aromatic carbocycles. The summed E-state index contributed by atoms with van der Waals surface area (Å²) in [5.41, 5.74) is 2.05. The minimum Gasteiger partial charge on any atom is -0.486 e. The van der Waals surface area contributed by atoms with Gasteiger partial charge in [0.15, 0.2) is 11.5 Å². The largest absolute Gasteiger partial charge is 0.486 e. The van der Waals surface area contributed by atoms with Crippen molar-refractivity contribution in [3.05, 3.63) is 47.7 Å². The van der Waals surface area contributed by atoms with Gasteiger partial charge in [0.2, 0.25) is 5.91 Å². The van der Waals surface area contributed by atoms with Gasteiger partial charge in [-0.25, -0.2) is 4.98 Å². The van der Waals surface area contributed by atoms with Crippen LogP contribution < -0.4 is 14.8 Å². The maximum Gasteiger partial charge on any atom is 0.228 e. The van der Waals surface area contributed by atoms with Crippen LogP contribution in [0.2, 0.25) is 0 Å². The van der Waals surface area contributed by atoms with E-state index in [1.165, 1.54) is 0 Å². The quantitative estimate of drug-likeness (QED) is 0.900. The molecule has 0 atom stereocenters. The first kappa shape index (κ1) is 17.8. The summed E-state index contributed by atoms with van der Waals surface area (Å²) >= 11 is 0. The van der Waals surface area contributed by atoms with Gasteiger partial charge in [-0.2, -0.15) is 0 Å². The molecule has 6 heteroatoms. The van der Waals surface area contributed by atoms with Crippen molar-refractivity contribution in [1.82, 2.24) is 9.88 Å². The molecule has 2 aliphatic heterocycles. The minimum absolute atomic E-state index is 0.0350. The monoisotopic (exact) mass is 367 g/mol. The van der Waals surface area contributed by atoms with E-state index in [2.05, 4.69) is 21.3 Å². The van der Waals surface area contributed by atoms with Gasteiger partial charge in [-0.1, -0.05) is 18.2 Å². The van der Waals surface area contributed by atoms with E-state index in [9.17, 15) is 4.79 Å². The minimum atomic E-state index is 0.0350. The number of para-hydroxylation sites is 1. The third-order valence-electron chi connectivity index (χ3n) is 5.14. The number of pyridine rings is 1. The molecular formula is C21H25N3O3. The van der Waals surface area contributed by atoms with E-state index < -0.39 is 0 Å². The van der Waals surface area contributed by atoms with Crippen molar-refractivity contribution >= 4 is 11.7 Å². The number of anilines is 1. The number of hydrogen-bond acceptors (Lipinski definition) is 5. The average Bonchev–Trinajstić information content (AvgIpc) is 2.69. The highest BCUT2D eigenvalue weighted by Gasteiger charge is 2.26. The van der Waals surface area contributed by atoms with Crippen LogP contribution >= 0.6 is 0 Å². The van der Waals surface area contributed by atoms with Crippen molar-refractivity contribution in [3.63, 3.8) is 0 Å². The Balaban J connectivity index is 1.32. The highest BCUT2D eigenvalue weighted by Crippen LogP contribution is 2.34. The fourth-order valence-electron chi connectivity index (χ4n) is 3.69. The molecule has 4 rings (SSSR count). The summed E-state index contributed by atoms with van der Waals surface area (Å²) in [4.78, 5) is 19.3. The first-order valence-electron chi connectivity index (χ1n) is 9.53. The van der Waals surface area contributed by atoms with E-state index >= 15 is 0 Å². The normalized spacial score (nSPS) is 17.5. The molecule has 0 bridgehead atoms. The Labute approximate surface area is 159 Å². The predicted octanol–water partition coefficient (Wildman–Crippen LogP) is 3.01. The molecule has 0 saturated carbocycles. The van der Waals surface area contributed by atoms with Gasteiger partial charge in [0, 0.05) is 23.7 Å². The molecule has 6 nitrogen and oxygen atoms in total. The summed E-state index contributed by atoms with van der Waals surface area (Å²) in [5.74, 6) is 2.44. The molecule has 2 aromatic rings. The van der Waals surface area contributed by atoms with Crippen LogP contribution in [0.1, 0.15) is 24.1 Å². The molecule has 1 N–H and O–H groups in total. The Kier molecular flexibility index (Phi) is 5.25. The molecule has 1 fully saturated rings.